The molecule has 4 rings (SSSR count). The zero-order valence-electron chi connectivity index (χ0n) is 13.2. The van der Waals surface area contributed by atoms with Crippen LogP contribution in [0, 0.1) is 11.3 Å². The average Bonchev–Trinajstić information content (AvgIpc) is 2.63. The van der Waals surface area contributed by atoms with Crippen molar-refractivity contribution < 1.29 is 4.74 Å². The highest BCUT2D eigenvalue weighted by Gasteiger charge is 2.34. The molecule has 0 fully saturated rings. The fourth-order valence-corrected chi connectivity index (χ4v) is 3.50. The minimum atomic E-state index is -0.702. The van der Waals surface area contributed by atoms with Crippen molar-refractivity contribution in [2.75, 3.05) is 0 Å². The highest BCUT2D eigenvalue weighted by molar-refractivity contribution is 6.42. The van der Waals surface area contributed by atoms with Crippen molar-refractivity contribution in [1.82, 2.24) is 4.98 Å². The second kappa shape index (κ2) is 6.10. The third-order valence-corrected chi connectivity index (χ3v) is 5.10. The monoisotopic (exact) mass is 383 g/mol. The van der Waals surface area contributed by atoms with E-state index < -0.39 is 5.92 Å². The van der Waals surface area contributed by atoms with Crippen LogP contribution in [-0.4, -0.2) is 4.98 Å². The van der Waals surface area contributed by atoms with Crippen LogP contribution in [0.15, 0.2) is 58.7 Å². The number of aromatic nitrogens is 1. The van der Waals surface area contributed by atoms with Crippen molar-refractivity contribution in [3.8, 4) is 11.8 Å². The Kier molecular flexibility index (Phi) is 3.87. The summed E-state index contributed by atoms with van der Waals surface area (Å²) in [5.41, 5.74) is 7.37. The van der Waals surface area contributed by atoms with Crippen molar-refractivity contribution in [3.05, 3.63) is 85.4 Å². The van der Waals surface area contributed by atoms with Gasteiger partial charge in [-0.15, -0.1) is 0 Å². The van der Waals surface area contributed by atoms with Crippen molar-refractivity contribution in [3.63, 3.8) is 0 Å². The number of fused-ring (bicyclic) bond motifs is 3. The third kappa shape index (κ3) is 2.43. The Labute approximate surface area is 158 Å². The summed E-state index contributed by atoms with van der Waals surface area (Å²) in [4.78, 5) is 15.6. The van der Waals surface area contributed by atoms with Gasteiger partial charge >= 0.3 is 0 Å². The highest BCUT2D eigenvalue weighted by atomic mass is 35.5. The van der Waals surface area contributed by atoms with E-state index in [1.165, 1.54) is 0 Å². The number of hydrogen-bond donors (Lipinski definition) is 2. The lowest BCUT2D eigenvalue weighted by Gasteiger charge is -2.26. The largest absolute Gasteiger partial charge is 0.439 e. The molecule has 0 amide bonds. The normalized spacial score (nSPS) is 16.1. The Morgan fingerprint density at radius 1 is 1.15 bits per heavy atom. The molecule has 3 aromatic rings. The summed E-state index contributed by atoms with van der Waals surface area (Å²) in [6.07, 6.45) is 0. The molecule has 7 heteroatoms. The summed E-state index contributed by atoms with van der Waals surface area (Å²) in [7, 11) is 0. The van der Waals surface area contributed by atoms with E-state index in [9.17, 15) is 10.1 Å². The first kappa shape index (κ1) is 16.5. The molecule has 1 aromatic heterocycles. The molecule has 1 aliphatic rings. The van der Waals surface area contributed by atoms with Crippen LogP contribution in [0.25, 0.3) is 10.9 Å². The summed E-state index contributed by atoms with van der Waals surface area (Å²) in [6, 6.07) is 14.2. The van der Waals surface area contributed by atoms with Crippen LogP contribution < -0.4 is 16.0 Å². The minimum absolute atomic E-state index is 0.0353. The molecule has 0 unspecified atom stereocenters. The summed E-state index contributed by atoms with van der Waals surface area (Å²) >= 11 is 12.1. The Bertz CT molecular complexity index is 1190. The molecule has 0 saturated carbocycles. The van der Waals surface area contributed by atoms with Crippen molar-refractivity contribution in [2.24, 2.45) is 5.73 Å². The van der Waals surface area contributed by atoms with Crippen molar-refractivity contribution in [1.29, 1.82) is 5.26 Å². The lowest BCUT2D eigenvalue weighted by Crippen LogP contribution is -2.27. The molecule has 0 spiro atoms. The fourth-order valence-electron chi connectivity index (χ4n) is 3.20. The number of halogens is 2. The predicted octanol–water partition coefficient (Wildman–Crippen LogP) is 4.05. The third-order valence-electron chi connectivity index (χ3n) is 4.36. The first-order chi connectivity index (χ1) is 12.5. The molecule has 0 radical (unpaired) electrons. The maximum absolute atomic E-state index is 12.8. The number of nitrogens with one attached hydrogen (secondary N) is 1. The number of nitrogens with zero attached hydrogens (tertiary/aromatic N) is 1. The van der Waals surface area contributed by atoms with E-state index >= 15 is 0 Å². The summed E-state index contributed by atoms with van der Waals surface area (Å²) < 4.78 is 5.69. The van der Waals surface area contributed by atoms with Crippen LogP contribution in [0.2, 0.25) is 10.0 Å². The van der Waals surface area contributed by atoms with Gasteiger partial charge < -0.3 is 15.5 Å². The van der Waals surface area contributed by atoms with E-state index in [1.54, 1.807) is 24.3 Å². The standard InChI is InChI=1S/C19H11Cl2N3O2/c20-12-6-5-9(7-13(12)21)15-11(8-22)18(23)26-17-10-3-1-2-4-14(10)24-19(25)16(15)17/h1-7,15H,23H2,(H,24,25)/t15-/m0/s1. The first-order valence-electron chi connectivity index (χ1n) is 7.68. The maximum atomic E-state index is 12.8. The number of benzene rings is 2. The molecule has 1 atom stereocenters. The molecule has 26 heavy (non-hydrogen) atoms. The molecule has 5 nitrogen and oxygen atoms in total. The minimum Gasteiger partial charge on any atom is -0.439 e. The van der Waals surface area contributed by atoms with Gasteiger partial charge in [0.05, 0.1) is 27.0 Å². The van der Waals surface area contributed by atoms with Gasteiger partial charge in [-0.05, 0) is 29.8 Å². The van der Waals surface area contributed by atoms with Crippen LogP contribution in [0.4, 0.5) is 0 Å². The van der Waals surface area contributed by atoms with Crippen molar-refractivity contribution in [2.45, 2.75) is 5.92 Å². The molecule has 3 N–H and O–H groups in total. The number of hydrogen-bond acceptors (Lipinski definition) is 4. The zero-order valence-corrected chi connectivity index (χ0v) is 14.7. The fraction of sp³-hybridized carbons (Fsp3) is 0.0526. The van der Waals surface area contributed by atoms with Gasteiger partial charge in [0, 0.05) is 5.39 Å². The lowest BCUT2D eigenvalue weighted by molar-refractivity contribution is 0.397. The summed E-state index contributed by atoms with van der Waals surface area (Å²) in [6.45, 7) is 0. The number of pyridine rings is 1. The topological polar surface area (TPSA) is 91.9 Å². The SMILES string of the molecule is N#CC1=C(N)Oc2c(c(=O)[nH]c3ccccc23)[C@H]1c1ccc(Cl)c(Cl)c1. The smallest absolute Gasteiger partial charge is 0.256 e. The first-order valence-corrected chi connectivity index (χ1v) is 8.44. The number of nitrogens with two attached hydrogens (primary N) is 1. The van der Waals surface area contributed by atoms with Gasteiger partial charge in [-0.1, -0.05) is 41.4 Å². The van der Waals surface area contributed by atoms with Gasteiger partial charge in [-0.3, -0.25) is 4.79 Å². The van der Waals surface area contributed by atoms with Gasteiger partial charge in [0.1, 0.15) is 17.4 Å². The molecule has 2 aromatic carbocycles. The Balaban J connectivity index is 2.08. The molecule has 2 heterocycles. The molecule has 0 saturated heterocycles. The summed E-state index contributed by atoms with van der Waals surface area (Å²) in [5.74, 6) is -0.393. The number of H-pyrrole nitrogens is 1. The van der Waals surface area contributed by atoms with Crippen LogP contribution in [0.5, 0.6) is 5.75 Å². The summed E-state index contributed by atoms with van der Waals surface area (Å²) in [5, 5.41) is 11.0. The van der Waals surface area contributed by atoms with E-state index in [0.717, 1.165) is 0 Å². The number of rotatable bonds is 1. The van der Waals surface area contributed by atoms with Crippen LogP contribution in [0.1, 0.15) is 17.0 Å². The van der Waals surface area contributed by atoms with Crippen LogP contribution in [-0.2, 0) is 0 Å². The van der Waals surface area contributed by atoms with E-state index in [-0.39, 0.29) is 17.0 Å². The predicted molar refractivity (Wildman–Crippen MR) is 100 cm³/mol. The number of para-hydroxylation sites is 1. The maximum Gasteiger partial charge on any atom is 0.256 e. The van der Waals surface area contributed by atoms with E-state index in [0.29, 0.717) is 37.8 Å². The molecule has 1 aliphatic heterocycles. The molecule has 0 aliphatic carbocycles. The van der Waals surface area contributed by atoms with Crippen molar-refractivity contribution >= 4 is 34.1 Å². The van der Waals surface area contributed by atoms with E-state index in [1.807, 2.05) is 18.2 Å². The zero-order chi connectivity index (χ0) is 18.4. The van der Waals surface area contributed by atoms with Gasteiger partial charge in [0.2, 0.25) is 5.88 Å². The number of allylic oxidation sites excluding steroid dienone is 1. The molecule has 0 bridgehead atoms. The van der Waals surface area contributed by atoms with Crippen LogP contribution in [0.3, 0.4) is 0 Å². The number of ether oxygens (including phenoxy) is 1. The lowest BCUT2D eigenvalue weighted by atomic mass is 9.83. The molecular formula is C19H11Cl2N3O2. The molecular weight excluding hydrogens is 373 g/mol. The van der Waals surface area contributed by atoms with E-state index in [4.69, 9.17) is 33.7 Å². The number of aromatic amines is 1. The number of nitriles is 1. The average molecular weight is 384 g/mol. The second-order valence-electron chi connectivity index (χ2n) is 5.84. The molecule has 128 valence electrons. The van der Waals surface area contributed by atoms with E-state index in [2.05, 4.69) is 11.1 Å². The highest BCUT2D eigenvalue weighted by Crippen LogP contribution is 2.43. The Hall–Kier alpha value is -2.94. The van der Waals surface area contributed by atoms with Crippen LogP contribution >= 0.6 is 23.2 Å². The van der Waals surface area contributed by atoms with Gasteiger partial charge in [0.25, 0.3) is 5.56 Å². The second-order valence-corrected chi connectivity index (χ2v) is 6.66. The quantitative estimate of drug-likeness (QED) is 0.662. The van der Waals surface area contributed by atoms with Gasteiger partial charge in [-0.25, -0.2) is 0 Å². The Morgan fingerprint density at radius 3 is 2.65 bits per heavy atom. The van der Waals surface area contributed by atoms with Gasteiger partial charge in [0.15, 0.2) is 0 Å². The Morgan fingerprint density at radius 2 is 1.92 bits per heavy atom. The van der Waals surface area contributed by atoms with Gasteiger partial charge in [-0.2, -0.15) is 5.26 Å².